The maximum Gasteiger partial charge on any atom is 0.407 e. The zero-order valence-electron chi connectivity index (χ0n) is 15.9. The molecule has 0 aromatic heterocycles. The lowest BCUT2D eigenvalue weighted by atomic mass is 10.2. The monoisotopic (exact) mass is 400 g/mol. The van der Waals surface area contributed by atoms with Gasteiger partial charge in [0.1, 0.15) is 13.2 Å². The number of carbonyl (C=O) groups excluding carboxylic acids is 4. The molecule has 158 valence electrons. The van der Waals surface area contributed by atoms with Crippen molar-refractivity contribution in [2.45, 2.75) is 25.7 Å². The second kappa shape index (κ2) is 17.4. The highest BCUT2D eigenvalue weighted by Gasteiger charge is 2.03. The van der Waals surface area contributed by atoms with E-state index in [0.717, 1.165) is 25.0 Å². The zero-order chi connectivity index (χ0) is 21.0. The van der Waals surface area contributed by atoms with Crippen LogP contribution >= 0.6 is 0 Å². The van der Waals surface area contributed by atoms with E-state index in [-0.39, 0.29) is 39.5 Å². The van der Waals surface area contributed by atoms with Crippen LogP contribution < -0.4 is 10.6 Å². The third-order valence-corrected chi connectivity index (χ3v) is 3.07. The number of hydrogen-bond acceptors (Lipinski definition) is 8. The molecule has 28 heavy (non-hydrogen) atoms. The van der Waals surface area contributed by atoms with Crippen molar-refractivity contribution in [3.63, 3.8) is 0 Å². The quantitative estimate of drug-likeness (QED) is 0.183. The van der Waals surface area contributed by atoms with Crippen LogP contribution in [-0.4, -0.2) is 63.6 Å². The van der Waals surface area contributed by atoms with Gasteiger partial charge in [-0.2, -0.15) is 0 Å². The first-order valence-electron chi connectivity index (χ1n) is 8.89. The fourth-order valence-electron chi connectivity index (χ4n) is 1.72. The van der Waals surface area contributed by atoms with E-state index >= 15 is 0 Å². The molecule has 0 atom stereocenters. The zero-order valence-corrected chi connectivity index (χ0v) is 15.9. The number of alkyl carbamates (subject to hydrolysis) is 2. The van der Waals surface area contributed by atoms with Gasteiger partial charge in [0, 0.05) is 12.2 Å². The molecule has 0 radical (unpaired) electrons. The van der Waals surface area contributed by atoms with Gasteiger partial charge in [-0.15, -0.1) is 0 Å². The largest absolute Gasteiger partial charge is 0.461 e. The predicted octanol–water partition coefficient (Wildman–Crippen LogP) is 1.46. The van der Waals surface area contributed by atoms with E-state index in [1.54, 1.807) is 0 Å². The highest BCUT2D eigenvalue weighted by Crippen LogP contribution is 2.01. The van der Waals surface area contributed by atoms with Crippen molar-refractivity contribution < 1.29 is 38.1 Å². The Hall–Kier alpha value is -3.04. The summed E-state index contributed by atoms with van der Waals surface area (Å²) in [5.41, 5.74) is 0. The molecule has 0 saturated heterocycles. The Bertz CT molecular complexity index is 476. The van der Waals surface area contributed by atoms with Crippen molar-refractivity contribution in [2.75, 3.05) is 39.5 Å². The number of amides is 2. The molecule has 10 heteroatoms. The van der Waals surface area contributed by atoms with Crippen LogP contribution in [0.15, 0.2) is 25.3 Å². The first-order valence-corrected chi connectivity index (χ1v) is 8.89. The van der Waals surface area contributed by atoms with E-state index in [0.29, 0.717) is 12.8 Å². The van der Waals surface area contributed by atoms with Gasteiger partial charge in [0.05, 0.1) is 26.3 Å². The van der Waals surface area contributed by atoms with Crippen LogP contribution in [0.5, 0.6) is 0 Å². The van der Waals surface area contributed by atoms with Crippen LogP contribution in [0.25, 0.3) is 0 Å². The number of unbranched alkanes of at least 4 members (excludes halogenated alkanes) is 3. The lowest BCUT2D eigenvalue weighted by Gasteiger charge is -2.08. The molecule has 0 aromatic carbocycles. The first-order chi connectivity index (χ1) is 13.5. The molecule has 0 aromatic rings. The van der Waals surface area contributed by atoms with E-state index in [1.165, 1.54) is 0 Å². The average molecular weight is 400 g/mol. The molecule has 0 spiro atoms. The highest BCUT2D eigenvalue weighted by molar-refractivity contribution is 5.81. The van der Waals surface area contributed by atoms with Gasteiger partial charge in [0.2, 0.25) is 0 Å². The number of nitrogens with one attached hydrogen (secondary N) is 2. The summed E-state index contributed by atoms with van der Waals surface area (Å²) in [7, 11) is 0. The van der Waals surface area contributed by atoms with Gasteiger partial charge in [-0.1, -0.05) is 13.2 Å². The Morgan fingerprint density at radius 2 is 1.00 bits per heavy atom. The predicted molar refractivity (Wildman–Crippen MR) is 99.5 cm³/mol. The molecule has 0 unspecified atom stereocenters. The van der Waals surface area contributed by atoms with Crippen molar-refractivity contribution in [1.82, 2.24) is 10.6 Å². The van der Waals surface area contributed by atoms with Crippen LogP contribution in [0.1, 0.15) is 25.7 Å². The minimum Gasteiger partial charge on any atom is -0.461 e. The van der Waals surface area contributed by atoms with Crippen molar-refractivity contribution >= 4 is 24.1 Å². The van der Waals surface area contributed by atoms with Crippen molar-refractivity contribution in [3.8, 4) is 0 Å². The van der Waals surface area contributed by atoms with E-state index < -0.39 is 24.1 Å². The smallest absolute Gasteiger partial charge is 0.407 e. The molecule has 2 N–H and O–H groups in total. The molecule has 0 aliphatic carbocycles. The summed E-state index contributed by atoms with van der Waals surface area (Å²) in [5.74, 6) is -1.10. The summed E-state index contributed by atoms with van der Waals surface area (Å²) in [5, 5.41) is 4.89. The maximum atomic E-state index is 11.3. The molecule has 0 heterocycles. The molecule has 0 aliphatic rings. The van der Waals surface area contributed by atoms with E-state index in [4.69, 9.17) is 9.47 Å². The van der Waals surface area contributed by atoms with Gasteiger partial charge in [-0.05, 0) is 25.7 Å². The third-order valence-electron chi connectivity index (χ3n) is 3.07. The normalized spacial score (nSPS) is 9.57. The standard InChI is InChI=1S/C18H28N2O8/c1-3-15(21)25-13-9-19-17(23)27-11-7-5-6-8-12-28-18(24)20-10-14-26-16(22)4-2/h3-4H,1-2,5-14H2,(H,19,23)(H,20,24). The fourth-order valence-corrected chi connectivity index (χ4v) is 1.72. The third kappa shape index (κ3) is 16.4. The minimum atomic E-state index is -0.576. The lowest BCUT2D eigenvalue weighted by molar-refractivity contribution is -0.138. The SMILES string of the molecule is C=CC(=O)OCCNC(=O)OCCCCCCOC(=O)NCCOC(=O)C=C. The Balaban J connectivity index is 3.38. The van der Waals surface area contributed by atoms with Crippen LogP contribution in [0.4, 0.5) is 9.59 Å². The minimum absolute atomic E-state index is 0.0491. The first kappa shape index (κ1) is 25.0. The Morgan fingerprint density at radius 1 is 0.607 bits per heavy atom. The Labute approximate surface area is 164 Å². The molecule has 2 amide bonds. The van der Waals surface area contributed by atoms with Gasteiger partial charge in [-0.25, -0.2) is 19.2 Å². The summed E-state index contributed by atoms with van der Waals surface area (Å²) in [4.78, 5) is 44.2. The number of ether oxygens (including phenoxy) is 4. The maximum absolute atomic E-state index is 11.3. The van der Waals surface area contributed by atoms with Gasteiger partial charge in [0.25, 0.3) is 0 Å². The fraction of sp³-hybridized carbons (Fsp3) is 0.556. The molecule has 0 saturated carbocycles. The molecular weight excluding hydrogens is 372 g/mol. The summed E-state index contributed by atoms with van der Waals surface area (Å²) < 4.78 is 19.3. The molecule has 10 nitrogen and oxygen atoms in total. The molecule has 0 rings (SSSR count). The van der Waals surface area contributed by atoms with E-state index in [9.17, 15) is 19.2 Å². The second-order valence-electron chi connectivity index (χ2n) is 5.28. The summed E-state index contributed by atoms with van der Waals surface area (Å²) in [6, 6.07) is 0. The van der Waals surface area contributed by atoms with E-state index in [2.05, 4.69) is 33.3 Å². The average Bonchev–Trinajstić information content (AvgIpc) is 2.69. The van der Waals surface area contributed by atoms with Gasteiger partial charge in [-0.3, -0.25) is 0 Å². The van der Waals surface area contributed by atoms with Crippen LogP contribution in [0, 0.1) is 0 Å². The Morgan fingerprint density at radius 3 is 1.36 bits per heavy atom. The molecule has 0 aliphatic heterocycles. The van der Waals surface area contributed by atoms with Gasteiger partial charge >= 0.3 is 24.1 Å². The van der Waals surface area contributed by atoms with E-state index in [1.807, 2.05) is 0 Å². The summed E-state index contributed by atoms with van der Waals surface area (Å²) in [6.45, 7) is 7.46. The molecule has 0 bridgehead atoms. The number of rotatable bonds is 15. The topological polar surface area (TPSA) is 129 Å². The summed E-state index contributed by atoms with van der Waals surface area (Å²) in [6.07, 6.45) is 3.92. The number of carbonyl (C=O) groups is 4. The number of esters is 2. The second-order valence-corrected chi connectivity index (χ2v) is 5.28. The lowest BCUT2D eigenvalue weighted by Crippen LogP contribution is -2.28. The van der Waals surface area contributed by atoms with Crippen LogP contribution in [-0.2, 0) is 28.5 Å². The van der Waals surface area contributed by atoms with Gasteiger partial charge in [0.15, 0.2) is 0 Å². The van der Waals surface area contributed by atoms with Crippen LogP contribution in [0.3, 0.4) is 0 Å². The van der Waals surface area contributed by atoms with Crippen molar-refractivity contribution in [1.29, 1.82) is 0 Å². The van der Waals surface area contributed by atoms with Crippen LogP contribution in [0.2, 0.25) is 0 Å². The van der Waals surface area contributed by atoms with Crippen molar-refractivity contribution in [3.05, 3.63) is 25.3 Å². The van der Waals surface area contributed by atoms with Crippen molar-refractivity contribution in [2.24, 2.45) is 0 Å². The van der Waals surface area contributed by atoms with Gasteiger partial charge < -0.3 is 29.6 Å². The molecule has 0 fully saturated rings. The highest BCUT2D eigenvalue weighted by atomic mass is 16.6. The number of hydrogen-bond donors (Lipinski definition) is 2. The summed E-state index contributed by atoms with van der Waals surface area (Å²) >= 11 is 0. The molecular formula is C18H28N2O8. The Kier molecular flexibility index (Phi) is 15.5.